The highest BCUT2D eigenvalue weighted by Crippen LogP contribution is 2.44. The molecule has 0 spiro atoms. The minimum Gasteiger partial charge on any atom is -0.481 e. The summed E-state index contributed by atoms with van der Waals surface area (Å²) in [6, 6.07) is 0. The fraction of sp³-hybridized carbons (Fsp3) is 0.643. The Balaban J connectivity index is 1.78. The maximum Gasteiger partial charge on any atom is 0.310 e. The van der Waals surface area contributed by atoms with Gasteiger partial charge in [-0.05, 0) is 26.7 Å². The smallest absolute Gasteiger partial charge is 0.310 e. The van der Waals surface area contributed by atoms with Gasteiger partial charge in [-0.25, -0.2) is 4.98 Å². The third-order valence-corrected chi connectivity index (χ3v) is 5.07. The molecule has 0 radical (unpaired) electrons. The number of carboxylic acids is 1. The van der Waals surface area contributed by atoms with Gasteiger partial charge in [-0.15, -0.1) is 11.3 Å². The average Bonchev–Trinajstić information content (AvgIpc) is 2.62. The molecule has 0 unspecified atom stereocenters. The van der Waals surface area contributed by atoms with E-state index in [-0.39, 0.29) is 12.3 Å². The van der Waals surface area contributed by atoms with Crippen LogP contribution in [0.3, 0.4) is 0 Å². The molecule has 5 nitrogen and oxygen atoms in total. The quantitative estimate of drug-likeness (QED) is 0.842. The second kappa shape index (κ2) is 5.91. The third kappa shape index (κ3) is 3.17. The van der Waals surface area contributed by atoms with Crippen LogP contribution in [0, 0.1) is 19.3 Å². The lowest BCUT2D eigenvalue weighted by Crippen LogP contribution is -2.42. The van der Waals surface area contributed by atoms with Crippen molar-refractivity contribution in [3.8, 4) is 0 Å². The fourth-order valence-corrected chi connectivity index (χ4v) is 3.50. The summed E-state index contributed by atoms with van der Waals surface area (Å²) >= 11 is 1.64. The Bertz CT molecular complexity index is 520. The molecule has 110 valence electrons. The lowest BCUT2D eigenvalue weighted by atomic mass is 9.66. The van der Waals surface area contributed by atoms with E-state index < -0.39 is 11.4 Å². The zero-order valence-corrected chi connectivity index (χ0v) is 12.7. The topological polar surface area (TPSA) is 79.3 Å². The molecule has 1 fully saturated rings. The Kier molecular flexibility index (Phi) is 4.42. The molecule has 2 rings (SSSR count). The summed E-state index contributed by atoms with van der Waals surface area (Å²) in [6.07, 6.45) is 2.98. The van der Waals surface area contributed by atoms with E-state index in [1.165, 1.54) is 4.88 Å². The van der Waals surface area contributed by atoms with E-state index in [4.69, 9.17) is 0 Å². The number of thiazole rings is 1. The zero-order valence-electron chi connectivity index (χ0n) is 11.9. The van der Waals surface area contributed by atoms with Gasteiger partial charge in [-0.1, -0.05) is 6.42 Å². The maximum atomic E-state index is 11.8. The number of carbonyl (C=O) groups excluding carboxylic acids is 1. The van der Waals surface area contributed by atoms with Crippen LogP contribution in [-0.2, 0) is 16.0 Å². The van der Waals surface area contributed by atoms with Gasteiger partial charge in [-0.2, -0.15) is 0 Å². The molecule has 1 aromatic heterocycles. The summed E-state index contributed by atoms with van der Waals surface area (Å²) in [6.45, 7) is 4.47. The molecule has 1 heterocycles. The van der Waals surface area contributed by atoms with Crippen LogP contribution in [0.4, 0.5) is 0 Å². The highest BCUT2D eigenvalue weighted by Gasteiger charge is 2.45. The van der Waals surface area contributed by atoms with Gasteiger partial charge in [0.25, 0.3) is 0 Å². The van der Waals surface area contributed by atoms with Gasteiger partial charge in [0, 0.05) is 24.3 Å². The second-order valence-corrected chi connectivity index (χ2v) is 6.74. The Morgan fingerprint density at radius 2 is 2.10 bits per heavy atom. The second-order valence-electron chi connectivity index (χ2n) is 5.46. The molecule has 2 N–H and O–H groups in total. The van der Waals surface area contributed by atoms with E-state index in [9.17, 15) is 14.7 Å². The molecular weight excluding hydrogens is 276 g/mol. The summed E-state index contributed by atoms with van der Waals surface area (Å²) in [5.41, 5.74) is 0.212. The molecule has 0 atom stereocenters. The maximum absolute atomic E-state index is 11.8. The van der Waals surface area contributed by atoms with E-state index in [0.717, 1.165) is 23.5 Å². The number of aliphatic carboxylic acids is 1. The number of carbonyl (C=O) groups is 2. The predicted octanol–water partition coefficient (Wildman–Crippen LogP) is 2.06. The number of rotatable bonds is 6. The normalized spacial score (nSPS) is 16.5. The van der Waals surface area contributed by atoms with Crippen LogP contribution in [0.25, 0.3) is 0 Å². The van der Waals surface area contributed by atoms with Gasteiger partial charge in [0.2, 0.25) is 5.91 Å². The van der Waals surface area contributed by atoms with E-state index in [2.05, 4.69) is 10.3 Å². The summed E-state index contributed by atoms with van der Waals surface area (Å²) in [5, 5.41) is 13.0. The standard InChI is InChI=1S/C14H20N2O3S/c1-9-11(20-10(2)16-9)4-7-15-12(17)8-14(13(18)19)5-3-6-14/h3-8H2,1-2H3,(H,15,17)(H,18,19). The average molecular weight is 296 g/mol. The van der Waals surface area contributed by atoms with E-state index in [1.807, 2.05) is 13.8 Å². The van der Waals surface area contributed by atoms with Crippen LogP contribution in [0.5, 0.6) is 0 Å². The molecule has 0 bridgehead atoms. The predicted molar refractivity (Wildman–Crippen MR) is 76.8 cm³/mol. The van der Waals surface area contributed by atoms with Crippen molar-refractivity contribution < 1.29 is 14.7 Å². The van der Waals surface area contributed by atoms with Crippen molar-refractivity contribution in [3.05, 3.63) is 15.6 Å². The van der Waals surface area contributed by atoms with E-state index in [1.54, 1.807) is 11.3 Å². The molecule has 20 heavy (non-hydrogen) atoms. The first-order valence-electron chi connectivity index (χ1n) is 6.86. The number of nitrogens with zero attached hydrogens (tertiary/aromatic N) is 1. The van der Waals surface area contributed by atoms with Crippen molar-refractivity contribution in [1.29, 1.82) is 0 Å². The molecular formula is C14H20N2O3S. The molecule has 0 saturated heterocycles. The first-order valence-corrected chi connectivity index (χ1v) is 7.68. The van der Waals surface area contributed by atoms with Crippen molar-refractivity contribution in [2.45, 2.75) is 46.0 Å². The number of aromatic nitrogens is 1. The number of aryl methyl sites for hydroxylation is 2. The molecule has 0 aliphatic heterocycles. The lowest BCUT2D eigenvalue weighted by Gasteiger charge is -2.36. The zero-order chi connectivity index (χ0) is 14.8. The molecule has 6 heteroatoms. The minimum atomic E-state index is -0.840. The van der Waals surface area contributed by atoms with Gasteiger partial charge in [0.05, 0.1) is 16.1 Å². The fourth-order valence-electron chi connectivity index (χ4n) is 2.56. The molecule has 1 aromatic rings. The molecule has 1 aliphatic rings. The highest BCUT2D eigenvalue weighted by atomic mass is 32.1. The number of hydrogen-bond donors (Lipinski definition) is 2. The molecule has 1 amide bonds. The number of amides is 1. The van der Waals surface area contributed by atoms with Gasteiger partial charge < -0.3 is 10.4 Å². The van der Waals surface area contributed by atoms with Crippen LogP contribution >= 0.6 is 11.3 Å². The van der Waals surface area contributed by atoms with Crippen molar-refractivity contribution >= 4 is 23.2 Å². The Morgan fingerprint density at radius 1 is 1.40 bits per heavy atom. The number of hydrogen-bond acceptors (Lipinski definition) is 4. The van der Waals surface area contributed by atoms with Crippen LogP contribution in [0.1, 0.15) is 41.3 Å². The minimum absolute atomic E-state index is 0.100. The van der Waals surface area contributed by atoms with Crippen LogP contribution in [0.2, 0.25) is 0 Å². The van der Waals surface area contributed by atoms with Gasteiger partial charge in [0.1, 0.15) is 0 Å². The third-order valence-electron chi connectivity index (χ3n) is 3.94. The first kappa shape index (κ1) is 15.0. The van der Waals surface area contributed by atoms with Crippen molar-refractivity contribution in [2.75, 3.05) is 6.54 Å². The Hall–Kier alpha value is -1.43. The van der Waals surface area contributed by atoms with Crippen LogP contribution in [-0.4, -0.2) is 28.5 Å². The van der Waals surface area contributed by atoms with Crippen molar-refractivity contribution in [2.24, 2.45) is 5.41 Å². The van der Waals surface area contributed by atoms with Crippen LogP contribution in [0.15, 0.2) is 0 Å². The first-order chi connectivity index (χ1) is 9.43. The molecule has 1 aliphatic carbocycles. The van der Waals surface area contributed by atoms with Gasteiger partial charge in [0.15, 0.2) is 0 Å². The molecule has 0 aromatic carbocycles. The van der Waals surface area contributed by atoms with Gasteiger partial charge >= 0.3 is 5.97 Å². The lowest BCUT2D eigenvalue weighted by molar-refractivity contribution is -0.157. The SMILES string of the molecule is Cc1nc(C)c(CCNC(=O)CC2(C(=O)O)CCC2)s1. The van der Waals surface area contributed by atoms with E-state index >= 15 is 0 Å². The summed E-state index contributed by atoms with van der Waals surface area (Å²) < 4.78 is 0. The summed E-state index contributed by atoms with van der Waals surface area (Å²) in [5.74, 6) is -1.00. The summed E-state index contributed by atoms with van der Waals surface area (Å²) in [7, 11) is 0. The molecule has 1 saturated carbocycles. The summed E-state index contributed by atoms with van der Waals surface area (Å²) in [4.78, 5) is 28.6. The van der Waals surface area contributed by atoms with E-state index in [0.29, 0.717) is 19.4 Å². The largest absolute Gasteiger partial charge is 0.481 e. The highest BCUT2D eigenvalue weighted by molar-refractivity contribution is 7.11. The van der Waals surface area contributed by atoms with Gasteiger partial charge in [-0.3, -0.25) is 9.59 Å². The Morgan fingerprint density at radius 3 is 2.55 bits per heavy atom. The monoisotopic (exact) mass is 296 g/mol. The Labute approximate surface area is 122 Å². The van der Waals surface area contributed by atoms with Crippen molar-refractivity contribution in [1.82, 2.24) is 10.3 Å². The van der Waals surface area contributed by atoms with Crippen molar-refractivity contribution in [3.63, 3.8) is 0 Å². The number of nitrogens with one attached hydrogen (secondary N) is 1. The number of carboxylic acid groups (broad SMARTS) is 1. The van der Waals surface area contributed by atoms with Crippen LogP contribution < -0.4 is 5.32 Å².